The van der Waals surface area contributed by atoms with Crippen molar-refractivity contribution in [2.45, 2.75) is 59.4 Å². The number of hydrogen-bond acceptors (Lipinski definition) is 3. The summed E-state index contributed by atoms with van der Waals surface area (Å²) in [6.07, 6.45) is 3.99. The van der Waals surface area contributed by atoms with Crippen molar-refractivity contribution in [3.8, 4) is 0 Å². The number of hydrogen-bond donors (Lipinski definition) is 0. The van der Waals surface area contributed by atoms with E-state index < -0.39 is 0 Å². The van der Waals surface area contributed by atoms with Gasteiger partial charge in [0.25, 0.3) is 0 Å². The molecule has 0 aromatic rings. The van der Waals surface area contributed by atoms with Crippen LogP contribution in [0, 0.1) is 0 Å². The summed E-state index contributed by atoms with van der Waals surface area (Å²) in [5, 5.41) is 0. The Balaban J connectivity index is 4.22. The van der Waals surface area contributed by atoms with Gasteiger partial charge in [-0.2, -0.15) is 0 Å². The van der Waals surface area contributed by atoms with Crippen LogP contribution in [0.5, 0.6) is 0 Å². The van der Waals surface area contributed by atoms with Crippen LogP contribution in [-0.4, -0.2) is 36.6 Å². The third kappa shape index (κ3) is 6.11. The molecule has 0 aliphatic carbocycles. The molecule has 0 heterocycles. The van der Waals surface area contributed by atoms with E-state index in [-0.39, 0.29) is 5.97 Å². The van der Waals surface area contributed by atoms with Crippen LogP contribution < -0.4 is 0 Å². The molecule has 1 atom stereocenters. The fourth-order valence-electron chi connectivity index (χ4n) is 2.01. The number of unbranched alkanes of at least 4 members (excludes halogenated alkanes) is 1. The minimum absolute atomic E-state index is 0.0597. The number of carbonyl (C=O) groups is 1. The predicted molar refractivity (Wildman–Crippen MR) is 67.5 cm³/mol. The molecule has 0 saturated carbocycles. The van der Waals surface area contributed by atoms with Gasteiger partial charge in [0.1, 0.15) is 0 Å². The number of esters is 1. The minimum Gasteiger partial charge on any atom is -0.466 e. The predicted octanol–water partition coefficient (Wildman–Crippen LogP) is 2.84. The Hall–Kier alpha value is -0.570. The Labute approximate surface area is 100 Å². The van der Waals surface area contributed by atoms with Crippen molar-refractivity contribution < 1.29 is 9.53 Å². The third-order valence-corrected chi connectivity index (χ3v) is 2.93. The molecule has 0 saturated heterocycles. The standard InChI is InChI=1S/C13H27NO2/c1-5-9-10-12(14(6-2)7-3)11-13(15)16-8-4/h12H,5-11H2,1-4H3. The van der Waals surface area contributed by atoms with Crippen LogP contribution in [0.2, 0.25) is 0 Å². The number of ether oxygens (including phenoxy) is 1. The molecule has 0 fully saturated rings. The summed E-state index contributed by atoms with van der Waals surface area (Å²) in [4.78, 5) is 13.9. The van der Waals surface area contributed by atoms with Crippen LogP contribution in [0.15, 0.2) is 0 Å². The summed E-state index contributed by atoms with van der Waals surface area (Å²) in [6.45, 7) is 10.8. The van der Waals surface area contributed by atoms with E-state index >= 15 is 0 Å². The molecule has 0 aliphatic rings. The summed E-state index contributed by atoms with van der Waals surface area (Å²) in [6, 6.07) is 0.356. The number of nitrogens with zero attached hydrogens (tertiary/aromatic N) is 1. The van der Waals surface area contributed by atoms with E-state index in [4.69, 9.17) is 4.74 Å². The zero-order chi connectivity index (χ0) is 12.4. The van der Waals surface area contributed by atoms with E-state index in [2.05, 4.69) is 25.7 Å². The molecule has 0 aromatic carbocycles. The SMILES string of the molecule is CCCCC(CC(=O)OCC)N(CC)CC. The number of rotatable bonds is 9. The second-order valence-electron chi connectivity index (χ2n) is 4.03. The first-order chi connectivity index (χ1) is 7.69. The zero-order valence-electron chi connectivity index (χ0n) is 11.3. The van der Waals surface area contributed by atoms with Gasteiger partial charge < -0.3 is 9.64 Å². The van der Waals surface area contributed by atoms with Crippen LogP contribution in [0.1, 0.15) is 53.4 Å². The van der Waals surface area contributed by atoms with Gasteiger partial charge in [0, 0.05) is 6.04 Å². The second kappa shape index (κ2) is 9.64. The molecule has 0 amide bonds. The molecule has 1 unspecified atom stereocenters. The van der Waals surface area contributed by atoms with Gasteiger partial charge in [-0.3, -0.25) is 4.79 Å². The average molecular weight is 229 g/mol. The zero-order valence-corrected chi connectivity index (χ0v) is 11.3. The van der Waals surface area contributed by atoms with E-state index in [0.29, 0.717) is 19.1 Å². The maximum Gasteiger partial charge on any atom is 0.307 e. The normalized spacial score (nSPS) is 12.8. The Kier molecular flexibility index (Phi) is 9.30. The van der Waals surface area contributed by atoms with Crippen molar-refractivity contribution in [2.24, 2.45) is 0 Å². The van der Waals surface area contributed by atoms with Crippen LogP contribution in [0.25, 0.3) is 0 Å². The first kappa shape index (κ1) is 15.4. The molecule has 0 bridgehead atoms. The van der Waals surface area contributed by atoms with Gasteiger partial charge in [0.2, 0.25) is 0 Å². The molecule has 0 radical (unpaired) electrons. The Morgan fingerprint density at radius 1 is 1.19 bits per heavy atom. The lowest BCUT2D eigenvalue weighted by atomic mass is 10.0. The van der Waals surface area contributed by atoms with E-state index in [1.165, 1.54) is 12.8 Å². The van der Waals surface area contributed by atoms with Gasteiger partial charge in [-0.15, -0.1) is 0 Å². The lowest BCUT2D eigenvalue weighted by molar-refractivity contribution is -0.144. The highest BCUT2D eigenvalue weighted by molar-refractivity contribution is 5.70. The van der Waals surface area contributed by atoms with Crippen LogP contribution >= 0.6 is 0 Å². The summed E-state index contributed by atoms with van der Waals surface area (Å²) in [5.41, 5.74) is 0. The summed E-state index contributed by atoms with van der Waals surface area (Å²) in [5.74, 6) is -0.0597. The molecule has 3 nitrogen and oxygen atoms in total. The highest BCUT2D eigenvalue weighted by Gasteiger charge is 2.19. The van der Waals surface area contributed by atoms with Crippen LogP contribution in [0.4, 0.5) is 0 Å². The first-order valence-electron chi connectivity index (χ1n) is 6.59. The Morgan fingerprint density at radius 3 is 2.25 bits per heavy atom. The molecule has 0 aromatic heterocycles. The van der Waals surface area contributed by atoms with Gasteiger partial charge >= 0.3 is 5.97 Å². The quantitative estimate of drug-likeness (QED) is 0.569. The lowest BCUT2D eigenvalue weighted by Crippen LogP contribution is -2.37. The van der Waals surface area contributed by atoms with Crippen molar-refractivity contribution >= 4 is 5.97 Å². The Bertz CT molecular complexity index is 179. The third-order valence-electron chi connectivity index (χ3n) is 2.93. The second-order valence-corrected chi connectivity index (χ2v) is 4.03. The fourth-order valence-corrected chi connectivity index (χ4v) is 2.01. The van der Waals surface area contributed by atoms with Gasteiger partial charge in [0.15, 0.2) is 0 Å². The van der Waals surface area contributed by atoms with E-state index in [1.54, 1.807) is 0 Å². The minimum atomic E-state index is -0.0597. The van der Waals surface area contributed by atoms with Gasteiger partial charge in [-0.05, 0) is 26.4 Å². The van der Waals surface area contributed by atoms with E-state index in [0.717, 1.165) is 19.5 Å². The van der Waals surface area contributed by atoms with E-state index in [1.807, 2.05) is 6.92 Å². The van der Waals surface area contributed by atoms with Crippen molar-refractivity contribution in [3.05, 3.63) is 0 Å². The van der Waals surface area contributed by atoms with Crippen LogP contribution in [0.3, 0.4) is 0 Å². The maximum absolute atomic E-state index is 11.5. The first-order valence-corrected chi connectivity index (χ1v) is 6.59. The summed E-state index contributed by atoms with van der Waals surface area (Å²) >= 11 is 0. The maximum atomic E-state index is 11.5. The Morgan fingerprint density at radius 2 is 1.81 bits per heavy atom. The molecule has 0 aliphatic heterocycles. The van der Waals surface area contributed by atoms with Gasteiger partial charge in [-0.25, -0.2) is 0 Å². The van der Waals surface area contributed by atoms with Crippen molar-refractivity contribution in [2.75, 3.05) is 19.7 Å². The molecule has 16 heavy (non-hydrogen) atoms. The number of carbonyl (C=O) groups excluding carboxylic acids is 1. The van der Waals surface area contributed by atoms with Crippen molar-refractivity contribution in [3.63, 3.8) is 0 Å². The molecule has 0 N–H and O–H groups in total. The molecular formula is C13H27NO2. The highest BCUT2D eigenvalue weighted by atomic mass is 16.5. The lowest BCUT2D eigenvalue weighted by Gasteiger charge is -2.28. The smallest absolute Gasteiger partial charge is 0.307 e. The summed E-state index contributed by atoms with van der Waals surface area (Å²) < 4.78 is 5.03. The van der Waals surface area contributed by atoms with Crippen LogP contribution in [-0.2, 0) is 9.53 Å². The van der Waals surface area contributed by atoms with Crippen molar-refractivity contribution in [1.82, 2.24) is 4.90 Å². The monoisotopic (exact) mass is 229 g/mol. The molecule has 96 valence electrons. The van der Waals surface area contributed by atoms with E-state index in [9.17, 15) is 4.79 Å². The fraction of sp³-hybridized carbons (Fsp3) is 0.923. The van der Waals surface area contributed by atoms with Gasteiger partial charge in [0.05, 0.1) is 13.0 Å². The largest absolute Gasteiger partial charge is 0.466 e. The molecular weight excluding hydrogens is 202 g/mol. The molecule has 0 spiro atoms. The summed E-state index contributed by atoms with van der Waals surface area (Å²) in [7, 11) is 0. The van der Waals surface area contributed by atoms with Gasteiger partial charge in [-0.1, -0.05) is 33.6 Å². The van der Waals surface area contributed by atoms with Crippen molar-refractivity contribution in [1.29, 1.82) is 0 Å². The topological polar surface area (TPSA) is 29.5 Å². The average Bonchev–Trinajstić information content (AvgIpc) is 2.27. The highest BCUT2D eigenvalue weighted by Crippen LogP contribution is 2.13. The molecule has 3 heteroatoms. The molecule has 0 rings (SSSR count).